The second-order valence-electron chi connectivity index (χ2n) is 5.92. The summed E-state index contributed by atoms with van der Waals surface area (Å²) >= 11 is 8.83. The molecule has 27 heavy (non-hydrogen) atoms. The highest BCUT2D eigenvalue weighted by atomic mass is 35.5. The van der Waals surface area contributed by atoms with Gasteiger partial charge in [0.1, 0.15) is 5.75 Å². The first-order valence-corrected chi connectivity index (χ1v) is 10.8. The third kappa shape index (κ3) is 4.60. The number of anilines is 1. The number of ether oxygens (including phenoxy) is 1. The van der Waals surface area contributed by atoms with E-state index in [1.807, 2.05) is 18.2 Å². The molecule has 0 unspecified atom stereocenters. The number of carbonyl (C=O) groups is 1. The number of carbonyl (C=O) groups excluding carboxylic acids is 1. The van der Waals surface area contributed by atoms with Gasteiger partial charge in [0.2, 0.25) is 0 Å². The molecule has 0 saturated heterocycles. The lowest BCUT2D eigenvalue weighted by atomic mass is 10.3. The Morgan fingerprint density at radius 3 is 2.56 bits per heavy atom. The second-order valence-corrected chi connectivity index (χ2v) is 8.64. The van der Waals surface area contributed by atoms with Crippen LogP contribution in [0.4, 0.5) is 5.13 Å². The van der Waals surface area contributed by atoms with Gasteiger partial charge in [-0.15, -0.1) is 11.3 Å². The number of aromatic nitrogens is 1. The predicted molar refractivity (Wildman–Crippen MR) is 115 cm³/mol. The molecule has 0 spiro atoms. The van der Waals surface area contributed by atoms with E-state index in [0.717, 1.165) is 35.6 Å². The number of thiazole rings is 1. The number of benzene rings is 1. The van der Waals surface area contributed by atoms with E-state index in [-0.39, 0.29) is 5.91 Å². The third-order valence-corrected chi connectivity index (χ3v) is 6.64. The van der Waals surface area contributed by atoms with Crippen molar-refractivity contribution >= 4 is 55.5 Å². The third-order valence-electron chi connectivity index (χ3n) is 4.38. The molecule has 0 saturated carbocycles. The molecule has 5 nitrogen and oxygen atoms in total. The number of thiophene rings is 1. The zero-order valence-corrected chi connectivity index (χ0v) is 18.0. The number of fused-ring (bicyclic) bond motifs is 1. The van der Waals surface area contributed by atoms with Crippen molar-refractivity contribution in [2.45, 2.75) is 13.8 Å². The van der Waals surface area contributed by atoms with E-state index in [9.17, 15) is 4.79 Å². The standard InChI is InChI=1S/C19H22ClN3O2S2/c1-4-22(5-2)10-11-23(18(24)15-8-9-17(20)26-15)19-21-14-7-6-13(25-3)12-16(14)27-19/h6-9,12H,4-5,10-11H2,1-3H3. The molecule has 3 aromatic rings. The minimum absolute atomic E-state index is 0.0647. The minimum Gasteiger partial charge on any atom is -0.497 e. The quantitative estimate of drug-likeness (QED) is 0.511. The summed E-state index contributed by atoms with van der Waals surface area (Å²) in [4.78, 5) is 22.5. The van der Waals surface area contributed by atoms with Crippen LogP contribution in [-0.2, 0) is 0 Å². The van der Waals surface area contributed by atoms with Gasteiger partial charge in [-0.1, -0.05) is 36.8 Å². The van der Waals surface area contributed by atoms with Gasteiger partial charge in [-0.05, 0) is 43.4 Å². The lowest BCUT2D eigenvalue weighted by Gasteiger charge is -2.24. The van der Waals surface area contributed by atoms with E-state index in [0.29, 0.717) is 20.9 Å². The monoisotopic (exact) mass is 423 g/mol. The highest BCUT2D eigenvalue weighted by molar-refractivity contribution is 7.22. The first-order chi connectivity index (χ1) is 13.0. The number of amides is 1. The molecule has 0 aliphatic heterocycles. The van der Waals surface area contributed by atoms with Gasteiger partial charge in [0.25, 0.3) is 5.91 Å². The molecule has 1 amide bonds. The topological polar surface area (TPSA) is 45.7 Å². The molecule has 0 atom stereocenters. The van der Waals surface area contributed by atoms with E-state index in [2.05, 4.69) is 18.7 Å². The minimum atomic E-state index is -0.0647. The predicted octanol–water partition coefficient (Wildman–Crippen LogP) is 5.01. The maximum Gasteiger partial charge on any atom is 0.270 e. The van der Waals surface area contributed by atoms with Crippen molar-refractivity contribution in [2.75, 3.05) is 38.2 Å². The number of halogens is 1. The summed E-state index contributed by atoms with van der Waals surface area (Å²) in [6.07, 6.45) is 0. The SMILES string of the molecule is CCN(CC)CCN(C(=O)c1ccc(Cl)s1)c1nc2ccc(OC)cc2s1. The molecule has 1 aromatic carbocycles. The fourth-order valence-electron chi connectivity index (χ4n) is 2.76. The van der Waals surface area contributed by atoms with E-state index in [1.54, 1.807) is 24.1 Å². The average Bonchev–Trinajstić information content (AvgIpc) is 3.30. The van der Waals surface area contributed by atoms with Gasteiger partial charge in [0.15, 0.2) is 5.13 Å². The van der Waals surface area contributed by atoms with Crippen molar-refractivity contribution in [3.05, 3.63) is 39.5 Å². The molecule has 3 rings (SSSR count). The van der Waals surface area contributed by atoms with Crippen molar-refractivity contribution in [1.82, 2.24) is 9.88 Å². The number of nitrogens with zero attached hydrogens (tertiary/aromatic N) is 3. The molecule has 0 fully saturated rings. The van der Waals surface area contributed by atoms with Crippen molar-refractivity contribution in [2.24, 2.45) is 0 Å². The van der Waals surface area contributed by atoms with Crippen LogP contribution in [0, 0.1) is 0 Å². The molecule has 8 heteroatoms. The van der Waals surface area contributed by atoms with Gasteiger partial charge in [-0.25, -0.2) is 4.98 Å². The summed E-state index contributed by atoms with van der Waals surface area (Å²) in [5.41, 5.74) is 0.862. The van der Waals surface area contributed by atoms with Gasteiger partial charge in [-0.2, -0.15) is 0 Å². The fourth-order valence-corrected chi connectivity index (χ4v) is 4.77. The maximum absolute atomic E-state index is 13.1. The Balaban J connectivity index is 1.94. The van der Waals surface area contributed by atoms with E-state index in [4.69, 9.17) is 21.3 Å². The first-order valence-electron chi connectivity index (χ1n) is 8.79. The largest absolute Gasteiger partial charge is 0.497 e. The highest BCUT2D eigenvalue weighted by Crippen LogP contribution is 2.33. The summed E-state index contributed by atoms with van der Waals surface area (Å²) in [5, 5.41) is 0.694. The number of methoxy groups -OCH3 is 1. The Morgan fingerprint density at radius 1 is 1.15 bits per heavy atom. The molecule has 0 aliphatic rings. The molecule has 0 bridgehead atoms. The Bertz CT molecular complexity index is 921. The van der Waals surface area contributed by atoms with Gasteiger partial charge in [-0.3, -0.25) is 9.69 Å². The van der Waals surface area contributed by atoms with Crippen LogP contribution in [0.3, 0.4) is 0 Å². The summed E-state index contributed by atoms with van der Waals surface area (Å²) in [6.45, 7) is 7.50. The maximum atomic E-state index is 13.1. The van der Waals surface area contributed by atoms with Crippen LogP contribution >= 0.6 is 34.3 Å². The average molecular weight is 424 g/mol. The van der Waals surface area contributed by atoms with Crippen LogP contribution in [0.25, 0.3) is 10.2 Å². The second kappa shape index (κ2) is 9.01. The normalized spacial score (nSPS) is 11.3. The van der Waals surface area contributed by atoms with Crippen LogP contribution in [0.1, 0.15) is 23.5 Å². The lowest BCUT2D eigenvalue weighted by molar-refractivity contribution is 0.0987. The molecule has 0 aliphatic carbocycles. The molecular weight excluding hydrogens is 402 g/mol. The van der Waals surface area contributed by atoms with Crippen molar-refractivity contribution < 1.29 is 9.53 Å². The number of hydrogen-bond acceptors (Lipinski definition) is 6. The van der Waals surface area contributed by atoms with E-state index in [1.165, 1.54) is 22.7 Å². The van der Waals surface area contributed by atoms with E-state index < -0.39 is 0 Å². The van der Waals surface area contributed by atoms with Crippen LogP contribution in [0.2, 0.25) is 4.34 Å². The van der Waals surface area contributed by atoms with Crippen molar-refractivity contribution in [1.29, 1.82) is 0 Å². The smallest absolute Gasteiger partial charge is 0.270 e. The summed E-state index contributed by atoms with van der Waals surface area (Å²) in [7, 11) is 1.64. The van der Waals surface area contributed by atoms with Crippen molar-refractivity contribution in [3.8, 4) is 5.75 Å². The fraction of sp³-hybridized carbons (Fsp3) is 0.368. The van der Waals surface area contributed by atoms with Gasteiger partial charge in [0, 0.05) is 13.1 Å². The Kier molecular flexibility index (Phi) is 6.70. The van der Waals surface area contributed by atoms with Gasteiger partial charge in [0.05, 0.1) is 26.5 Å². The zero-order valence-electron chi connectivity index (χ0n) is 15.6. The Labute approximate surface area is 172 Å². The van der Waals surface area contributed by atoms with Crippen LogP contribution in [0.15, 0.2) is 30.3 Å². The number of likely N-dealkylation sites (N-methyl/N-ethyl adjacent to an activating group) is 1. The Hall–Kier alpha value is -1.67. The molecule has 2 heterocycles. The summed E-state index contributed by atoms with van der Waals surface area (Å²) in [6, 6.07) is 9.28. The highest BCUT2D eigenvalue weighted by Gasteiger charge is 2.23. The molecule has 2 aromatic heterocycles. The summed E-state index contributed by atoms with van der Waals surface area (Å²) in [5.74, 6) is 0.717. The van der Waals surface area contributed by atoms with E-state index >= 15 is 0 Å². The number of rotatable bonds is 8. The van der Waals surface area contributed by atoms with Crippen molar-refractivity contribution in [3.63, 3.8) is 0 Å². The summed E-state index contributed by atoms with van der Waals surface area (Å²) < 4.78 is 6.90. The molecule has 0 N–H and O–H groups in total. The molecular formula is C19H22ClN3O2S2. The molecule has 0 radical (unpaired) electrons. The zero-order chi connectivity index (χ0) is 19.4. The van der Waals surface area contributed by atoms with Crippen LogP contribution in [-0.4, -0.2) is 49.1 Å². The van der Waals surface area contributed by atoms with Crippen LogP contribution < -0.4 is 9.64 Å². The lowest BCUT2D eigenvalue weighted by Crippen LogP contribution is -2.38. The van der Waals surface area contributed by atoms with Gasteiger partial charge >= 0.3 is 0 Å². The first kappa shape index (κ1) is 20.1. The van der Waals surface area contributed by atoms with Gasteiger partial charge < -0.3 is 9.64 Å². The van der Waals surface area contributed by atoms with Crippen LogP contribution in [0.5, 0.6) is 5.75 Å². The molecule has 144 valence electrons. The number of hydrogen-bond donors (Lipinski definition) is 0. The Morgan fingerprint density at radius 2 is 1.93 bits per heavy atom.